The van der Waals surface area contributed by atoms with E-state index < -0.39 is 0 Å². The molecule has 1 rings (SSSR count). The maximum absolute atomic E-state index is 14.1. The van der Waals surface area contributed by atoms with Gasteiger partial charge in [-0.2, -0.15) is 0 Å². The van der Waals surface area contributed by atoms with Gasteiger partial charge in [-0.25, -0.2) is 4.39 Å². The summed E-state index contributed by atoms with van der Waals surface area (Å²) in [4.78, 5) is 0. The van der Waals surface area contributed by atoms with Gasteiger partial charge in [0.15, 0.2) is 0 Å². The van der Waals surface area contributed by atoms with Gasteiger partial charge in [-0.15, -0.1) is 0 Å². The summed E-state index contributed by atoms with van der Waals surface area (Å²) in [7, 11) is 3.68. The quantitative estimate of drug-likeness (QED) is 0.499. The average molecular weight is 375 g/mol. The van der Waals surface area contributed by atoms with Crippen LogP contribution in [0.1, 0.15) is 63.4 Å². The Morgan fingerprint density at radius 3 is 2.48 bits per heavy atom. The van der Waals surface area contributed by atoms with Crippen molar-refractivity contribution in [1.82, 2.24) is 5.32 Å². The van der Waals surface area contributed by atoms with Crippen LogP contribution in [0.3, 0.4) is 0 Å². The van der Waals surface area contributed by atoms with Crippen LogP contribution in [0.25, 0.3) is 0 Å². The molecule has 0 saturated heterocycles. The molecule has 25 heavy (non-hydrogen) atoms. The molecule has 0 amide bonds. The Morgan fingerprint density at radius 1 is 1.20 bits per heavy atom. The number of rotatable bonds is 12. The van der Waals surface area contributed by atoms with Crippen LogP contribution in [0.5, 0.6) is 0 Å². The highest BCUT2D eigenvalue weighted by atomic mass is 35.5. The molecule has 0 aromatic heterocycles. The monoisotopic (exact) mass is 374 g/mol. The summed E-state index contributed by atoms with van der Waals surface area (Å²) in [6.45, 7) is 4.71. The standard InChI is InChI=1S/C15H24ClFN2.C5H12O/c1-19-11-3-2-6-12(7-5-10-18)13-8-4-9-14(16)15(13)17;1-3-4-5-6-2/h4,8-9,12,19H,2-3,5-7,10-11,18H2,1H3;3-5H2,1-2H3. The molecule has 0 bridgehead atoms. The molecule has 3 N–H and O–H groups in total. The number of methoxy groups -OCH3 is 1. The second kappa shape index (κ2) is 16.8. The van der Waals surface area contributed by atoms with Crippen LogP contribution in [0.15, 0.2) is 18.2 Å². The molecule has 0 aliphatic carbocycles. The van der Waals surface area contributed by atoms with Gasteiger partial charge in [0.1, 0.15) is 5.82 Å². The first kappa shape index (κ1) is 24.3. The van der Waals surface area contributed by atoms with E-state index >= 15 is 0 Å². The van der Waals surface area contributed by atoms with Gasteiger partial charge in [0.05, 0.1) is 5.02 Å². The first-order valence-corrected chi connectivity index (χ1v) is 9.77. The summed E-state index contributed by atoms with van der Waals surface area (Å²) < 4.78 is 18.9. The van der Waals surface area contributed by atoms with Gasteiger partial charge in [0.25, 0.3) is 0 Å². The number of halogens is 2. The van der Waals surface area contributed by atoms with Crippen molar-refractivity contribution < 1.29 is 9.13 Å². The summed E-state index contributed by atoms with van der Waals surface area (Å²) in [6.07, 6.45) is 7.44. The van der Waals surface area contributed by atoms with E-state index in [2.05, 4.69) is 12.2 Å². The summed E-state index contributed by atoms with van der Waals surface area (Å²) in [5.41, 5.74) is 6.31. The highest BCUT2D eigenvalue weighted by molar-refractivity contribution is 6.30. The van der Waals surface area contributed by atoms with E-state index in [0.717, 1.165) is 50.8 Å². The van der Waals surface area contributed by atoms with E-state index in [1.54, 1.807) is 13.2 Å². The van der Waals surface area contributed by atoms with Crippen LogP contribution in [0, 0.1) is 5.82 Å². The number of ether oxygens (including phenoxy) is 1. The Labute approximate surface area is 158 Å². The first-order valence-electron chi connectivity index (χ1n) is 9.39. The fourth-order valence-electron chi connectivity index (χ4n) is 2.64. The molecule has 0 spiro atoms. The van der Waals surface area contributed by atoms with E-state index in [4.69, 9.17) is 22.1 Å². The molecule has 0 saturated carbocycles. The van der Waals surface area contributed by atoms with E-state index in [9.17, 15) is 4.39 Å². The smallest absolute Gasteiger partial charge is 0.145 e. The number of nitrogens with one attached hydrogen (secondary N) is 1. The summed E-state index contributed by atoms with van der Waals surface area (Å²) in [5, 5.41) is 3.34. The van der Waals surface area contributed by atoms with E-state index in [1.807, 2.05) is 19.2 Å². The Bertz CT molecular complexity index is 428. The zero-order chi connectivity index (χ0) is 18.9. The lowest BCUT2D eigenvalue weighted by Crippen LogP contribution is -2.10. The van der Waals surface area contributed by atoms with Crippen LogP contribution in [0.4, 0.5) is 4.39 Å². The number of hydrogen-bond donors (Lipinski definition) is 2. The fourth-order valence-corrected chi connectivity index (χ4v) is 2.82. The lowest BCUT2D eigenvalue weighted by molar-refractivity contribution is 0.194. The molecular weight excluding hydrogens is 339 g/mol. The van der Waals surface area contributed by atoms with Crippen molar-refractivity contribution in [3.05, 3.63) is 34.6 Å². The van der Waals surface area contributed by atoms with Crippen LogP contribution in [-0.2, 0) is 4.74 Å². The molecular formula is C20H36ClFN2O. The van der Waals surface area contributed by atoms with Crippen LogP contribution in [-0.4, -0.2) is 33.9 Å². The molecule has 3 nitrogen and oxygen atoms in total. The zero-order valence-corrected chi connectivity index (χ0v) is 16.9. The normalized spacial score (nSPS) is 11.8. The predicted octanol–water partition coefficient (Wildman–Crippen LogP) is 5.12. The minimum atomic E-state index is -0.264. The number of unbranched alkanes of at least 4 members (excludes halogenated alkanes) is 2. The topological polar surface area (TPSA) is 47.3 Å². The van der Waals surface area contributed by atoms with Gasteiger partial charge in [-0.1, -0.05) is 43.5 Å². The highest BCUT2D eigenvalue weighted by Gasteiger charge is 2.16. The van der Waals surface area contributed by atoms with Crippen molar-refractivity contribution >= 4 is 11.6 Å². The molecule has 1 aromatic rings. The second-order valence-electron chi connectivity index (χ2n) is 6.22. The third-order valence-electron chi connectivity index (χ3n) is 4.11. The van der Waals surface area contributed by atoms with Gasteiger partial charge >= 0.3 is 0 Å². The third kappa shape index (κ3) is 11.5. The fraction of sp³-hybridized carbons (Fsp3) is 0.700. The van der Waals surface area contributed by atoms with Crippen molar-refractivity contribution in [3.63, 3.8) is 0 Å². The average Bonchev–Trinajstić information content (AvgIpc) is 2.62. The summed E-state index contributed by atoms with van der Waals surface area (Å²) in [5.74, 6) is -0.0427. The first-order chi connectivity index (χ1) is 12.1. The Kier molecular flexibility index (Phi) is 16.3. The van der Waals surface area contributed by atoms with Crippen molar-refractivity contribution in [2.45, 2.75) is 57.8 Å². The Balaban J connectivity index is 0.000000823. The minimum absolute atomic E-state index is 0.213. The second-order valence-corrected chi connectivity index (χ2v) is 6.62. The van der Waals surface area contributed by atoms with Crippen LogP contribution >= 0.6 is 11.6 Å². The van der Waals surface area contributed by atoms with Crippen LogP contribution in [0.2, 0.25) is 5.02 Å². The molecule has 0 heterocycles. The van der Waals surface area contributed by atoms with E-state index in [-0.39, 0.29) is 16.8 Å². The molecule has 5 heteroatoms. The molecule has 0 fully saturated rings. The molecule has 0 aliphatic heterocycles. The van der Waals surface area contributed by atoms with Crippen molar-refractivity contribution in [1.29, 1.82) is 0 Å². The predicted molar refractivity (Wildman–Crippen MR) is 107 cm³/mol. The van der Waals surface area contributed by atoms with E-state index in [1.165, 1.54) is 12.8 Å². The Morgan fingerprint density at radius 2 is 1.92 bits per heavy atom. The molecule has 0 radical (unpaired) electrons. The maximum atomic E-state index is 14.1. The van der Waals surface area contributed by atoms with Crippen molar-refractivity contribution in [3.8, 4) is 0 Å². The highest BCUT2D eigenvalue weighted by Crippen LogP contribution is 2.31. The van der Waals surface area contributed by atoms with Gasteiger partial charge in [0, 0.05) is 13.7 Å². The van der Waals surface area contributed by atoms with Crippen molar-refractivity contribution in [2.75, 3.05) is 33.9 Å². The SMILES string of the molecule is CCCCOC.CNCCCCC(CCCN)c1cccc(Cl)c1F. The number of hydrogen-bond acceptors (Lipinski definition) is 3. The van der Waals surface area contributed by atoms with Crippen LogP contribution < -0.4 is 11.1 Å². The largest absolute Gasteiger partial charge is 0.385 e. The van der Waals surface area contributed by atoms with Gasteiger partial charge in [-0.05, 0) is 69.8 Å². The van der Waals surface area contributed by atoms with Gasteiger partial charge in [0.2, 0.25) is 0 Å². The molecule has 1 atom stereocenters. The van der Waals surface area contributed by atoms with Crippen molar-refractivity contribution in [2.24, 2.45) is 5.73 Å². The molecule has 1 aromatic carbocycles. The molecule has 146 valence electrons. The molecule has 0 aliphatic rings. The van der Waals surface area contributed by atoms with Gasteiger partial charge in [-0.3, -0.25) is 0 Å². The maximum Gasteiger partial charge on any atom is 0.145 e. The minimum Gasteiger partial charge on any atom is -0.385 e. The Hall–Kier alpha value is -0.680. The number of nitrogens with two attached hydrogens (primary N) is 1. The third-order valence-corrected chi connectivity index (χ3v) is 4.40. The lowest BCUT2D eigenvalue weighted by atomic mass is 9.89. The van der Waals surface area contributed by atoms with E-state index in [0.29, 0.717) is 6.54 Å². The molecule has 1 unspecified atom stereocenters. The summed E-state index contributed by atoms with van der Waals surface area (Å²) >= 11 is 5.87. The summed E-state index contributed by atoms with van der Waals surface area (Å²) in [6, 6.07) is 5.27. The lowest BCUT2D eigenvalue weighted by Gasteiger charge is -2.18. The zero-order valence-electron chi connectivity index (χ0n) is 16.1. The van der Waals surface area contributed by atoms with Gasteiger partial charge < -0.3 is 15.8 Å². The number of benzene rings is 1.